The summed E-state index contributed by atoms with van der Waals surface area (Å²) in [5.41, 5.74) is 8.47. The first kappa shape index (κ1) is 21.2. The molecule has 2 heterocycles. The first-order valence-electron chi connectivity index (χ1n) is 12.2. The molecule has 170 valence electrons. The summed E-state index contributed by atoms with van der Waals surface area (Å²) < 4.78 is 4.79. The van der Waals surface area contributed by atoms with Gasteiger partial charge < -0.3 is 9.13 Å². The molecule has 0 amide bonds. The van der Waals surface area contributed by atoms with Crippen molar-refractivity contribution in [3.63, 3.8) is 0 Å². The minimum absolute atomic E-state index is 0.928. The predicted molar refractivity (Wildman–Crippen MR) is 154 cm³/mol. The number of aromatic nitrogens is 2. The molecule has 0 saturated heterocycles. The van der Waals surface area contributed by atoms with Gasteiger partial charge in [-0.05, 0) is 68.3 Å². The molecule has 1 aliphatic carbocycles. The van der Waals surface area contributed by atoms with Gasteiger partial charge in [0.25, 0.3) is 0 Å². The van der Waals surface area contributed by atoms with Crippen LogP contribution in [0.3, 0.4) is 0 Å². The molecule has 3 aromatic carbocycles. The molecule has 0 aliphatic heterocycles. The highest BCUT2D eigenvalue weighted by atomic mass is 15.0. The number of benzene rings is 3. The predicted octanol–water partition coefficient (Wildman–Crippen LogP) is 9.25. The molecule has 35 heavy (non-hydrogen) atoms. The molecule has 2 heteroatoms. The van der Waals surface area contributed by atoms with Gasteiger partial charge in [0.05, 0.1) is 22.1 Å². The van der Waals surface area contributed by atoms with Crippen molar-refractivity contribution in [1.29, 1.82) is 0 Å². The largest absolute Gasteiger partial charge is 0.310 e. The number of hydrogen-bond donors (Lipinski definition) is 0. The lowest BCUT2D eigenvalue weighted by Crippen LogP contribution is -1.96. The van der Waals surface area contributed by atoms with Crippen LogP contribution in [0, 0.1) is 0 Å². The van der Waals surface area contributed by atoms with Gasteiger partial charge in [0.2, 0.25) is 0 Å². The molecule has 0 saturated carbocycles. The van der Waals surface area contributed by atoms with Crippen LogP contribution >= 0.6 is 0 Å². The second kappa shape index (κ2) is 8.48. The molecule has 2 aromatic heterocycles. The number of allylic oxidation sites excluding steroid dienone is 11. The second-order valence-electron chi connectivity index (χ2n) is 9.07. The SMILES string of the molecule is C=C/C=C(\C=C/C)n1c2ccccc2c2cc3c(cc21)c1ccccc1n3C1=CCC=CC(C)=C1. The van der Waals surface area contributed by atoms with Gasteiger partial charge >= 0.3 is 0 Å². The fourth-order valence-electron chi connectivity index (χ4n) is 5.42. The Kier molecular flexibility index (Phi) is 5.15. The maximum Gasteiger partial charge on any atom is 0.0548 e. The molecule has 0 N–H and O–H groups in total. The zero-order valence-electron chi connectivity index (χ0n) is 20.2. The number of nitrogens with zero attached hydrogens (tertiary/aromatic N) is 2. The van der Waals surface area contributed by atoms with Crippen LogP contribution in [-0.2, 0) is 0 Å². The number of para-hydroxylation sites is 2. The average molecular weight is 453 g/mol. The third-order valence-corrected chi connectivity index (χ3v) is 6.83. The van der Waals surface area contributed by atoms with E-state index >= 15 is 0 Å². The highest BCUT2D eigenvalue weighted by molar-refractivity contribution is 6.20. The molecule has 0 bridgehead atoms. The van der Waals surface area contributed by atoms with Crippen molar-refractivity contribution >= 4 is 55.0 Å². The standard InChI is InChI=1S/C33H28N2/c1-4-12-24(13-5-2)34-30-18-10-8-16-26(30)28-22-33-29(21-32(28)34)27-17-9-11-19-31(27)35(33)25-15-7-6-14-23(3)20-25/h4-6,8-22H,1,7H2,2-3H3/b13-5-,24-12+. The Morgan fingerprint density at radius 3 is 2.31 bits per heavy atom. The van der Waals surface area contributed by atoms with E-state index in [4.69, 9.17) is 0 Å². The summed E-state index contributed by atoms with van der Waals surface area (Å²) in [5, 5.41) is 5.04. The molecule has 2 nitrogen and oxygen atoms in total. The van der Waals surface area contributed by atoms with E-state index in [2.05, 4.69) is 133 Å². The molecule has 1 aliphatic rings. The van der Waals surface area contributed by atoms with E-state index in [9.17, 15) is 0 Å². The van der Waals surface area contributed by atoms with Crippen LogP contribution in [0.25, 0.3) is 55.0 Å². The molecule has 0 atom stereocenters. The fraction of sp³-hybridized carbons (Fsp3) is 0.0909. The lowest BCUT2D eigenvalue weighted by Gasteiger charge is -2.10. The third-order valence-electron chi connectivity index (χ3n) is 6.83. The van der Waals surface area contributed by atoms with Crippen molar-refractivity contribution in [2.45, 2.75) is 20.3 Å². The summed E-state index contributed by atoms with van der Waals surface area (Å²) in [7, 11) is 0. The Balaban J connectivity index is 1.79. The van der Waals surface area contributed by atoms with Crippen molar-refractivity contribution in [2.24, 2.45) is 0 Å². The topological polar surface area (TPSA) is 9.86 Å². The Hall–Kier alpha value is -4.30. The molecule has 0 radical (unpaired) electrons. The van der Waals surface area contributed by atoms with Crippen molar-refractivity contribution < 1.29 is 0 Å². The summed E-state index contributed by atoms with van der Waals surface area (Å²) in [4.78, 5) is 0. The molecular weight excluding hydrogens is 424 g/mol. The van der Waals surface area contributed by atoms with Gasteiger partial charge in [-0.3, -0.25) is 0 Å². The van der Waals surface area contributed by atoms with Crippen LogP contribution in [0.15, 0.2) is 121 Å². The Bertz CT molecular complexity index is 1790. The average Bonchev–Trinajstić information content (AvgIpc) is 3.27. The van der Waals surface area contributed by atoms with Crippen molar-refractivity contribution in [2.75, 3.05) is 0 Å². The molecule has 0 spiro atoms. The molecule has 5 aromatic rings. The zero-order valence-corrected chi connectivity index (χ0v) is 20.2. The first-order valence-corrected chi connectivity index (χ1v) is 12.2. The molecule has 0 unspecified atom stereocenters. The minimum atomic E-state index is 0.928. The van der Waals surface area contributed by atoms with Gasteiger partial charge in [0.15, 0.2) is 0 Å². The highest BCUT2D eigenvalue weighted by Gasteiger charge is 2.18. The second-order valence-corrected chi connectivity index (χ2v) is 9.07. The van der Waals surface area contributed by atoms with E-state index in [1.54, 1.807) is 0 Å². The molecule has 6 rings (SSSR count). The van der Waals surface area contributed by atoms with Crippen LogP contribution in [0.1, 0.15) is 20.3 Å². The van der Waals surface area contributed by atoms with Gasteiger partial charge in [0, 0.05) is 32.9 Å². The summed E-state index contributed by atoms with van der Waals surface area (Å²) in [6.07, 6.45) is 18.2. The maximum atomic E-state index is 3.97. The van der Waals surface area contributed by atoms with Crippen LogP contribution < -0.4 is 0 Å². The van der Waals surface area contributed by atoms with Gasteiger partial charge in [-0.15, -0.1) is 0 Å². The van der Waals surface area contributed by atoms with Crippen LogP contribution in [0.4, 0.5) is 0 Å². The summed E-state index contributed by atoms with van der Waals surface area (Å²) >= 11 is 0. The smallest absolute Gasteiger partial charge is 0.0548 e. The highest BCUT2D eigenvalue weighted by Crippen LogP contribution is 2.40. The lowest BCUT2D eigenvalue weighted by molar-refractivity contribution is 1.21. The molecular formula is C33H28N2. The summed E-state index contributed by atoms with van der Waals surface area (Å²) in [5.74, 6) is 0. The number of fused-ring (bicyclic) bond motifs is 6. The summed E-state index contributed by atoms with van der Waals surface area (Å²) in [6.45, 7) is 8.20. The summed E-state index contributed by atoms with van der Waals surface area (Å²) in [6, 6.07) is 22.2. The maximum absolute atomic E-state index is 3.97. The van der Waals surface area contributed by atoms with Gasteiger partial charge in [0.1, 0.15) is 0 Å². The van der Waals surface area contributed by atoms with Crippen molar-refractivity contribution in [3.8, 4) is 0 Å². The fourth-order valence-corrected chi connectivity index (χ4v) is 5.42. The Labute approximate surface area is 205 Å². The lowest BCUT2D eigenvalue weighted by atomic mass is 10.1. The normalized spacial score (nSPS) is 14.9. The first-order chi connectivity index (χ1) is 17.2. The van der Waals surface area contributed by atoms with Gasteiger partial charge in [-0.1, -0.05) is 73.4 Å². The van der Waals surface area contributed by atoms with Crippen LogP contribution in [0.5, 0.6) is 0 Å². The van der Waals surface area contributed by atoms with Gasteiger partial charge in [-0.2, -0.15) is 0 Å². The van der Waals surface area contributed by atoms with E-state index in [0.29, 0.717) is 0 Å². The van der Waals surface area contributed by atoms with Crippen molar-refractivity contribution in [1.82, 2.24) is 9.13 Å². The quantitative estimate of drug-likeness (QED) is 0.240. The minimum Gasteiger partial charge on any atom is -0.310 e. The zero-order chi connectivity index (χ0) is 23.9. The van der Waals surface area contributed by atoms with Crippen LogP contribution in [0.2, 0.25) is 0 Å². The van der Waals surface area contributed by atoms with E-state index in [1.807, 2.05) is 6.08 Å². The van der Waals surface area contributed by atoms with E-state index < -0.39 is 0 Å². The molecule has 0 fully saturated rings. The monoisotopic (exact) mass is 452 g/mol. The van der Waals surface area contributed by atoms with Gasteiger partial charge in [-0.25, -0.2) is 0 Å². The Morgan fingerprint density at radius 1 is 0.857 bits per heavy atom. The van der Waals surface area contributed by atoms with Crippen LogP contribution in [-0.4, -0.2) is 9.13 Å². The number of hydrogen-bond acceptors (Lipinski definition) is 0. The Morgan fingerprint density at radius 2 is 1.54 bits per heavy atom. The third kappa shape index (κ3) is 3.33. The van der Waals surface area contributed by atoms with E-state index in [1.165, 1.54) is 54.9 Å². The van der Waals surface area contributed by atoms with E-state index in [0.717, 1.165) is 12.1 Å². The van der Waals surface area contributed by atoms with Crippen molar-refractivity contribution in [3.05, 3.63) is 121 Å². The van der Waals surface area contributed by atoms with E-state index in [-0.39, 0.29) is 0 Å². The number of rotatable bonds is 4.